The van der Waals surface area contributed by atoms with Gasteiger partial charge in [-0.05, 0) is 87.3 Å². The SMILES string of the molecule is c1ccc(-c2ccc(-c3ccc(N(c4ccc(-c5cccc6ccc7c8ccccc8oc7c56)cc4)c4cccc5c4sc4ccccc45)cc3)cc2)cc1. The van der Waals surface area contributed by atoms with Crippen LogP contribution in [0.5, 0.6) is 0 Å². The quantitative estimate of drug-likeness (QED) is 0.170. The molecule has 0 unspecified atom stereocenters. The summed E-state index contributed by atoms with van der Waals surface area (Å²) in [6, 6.07) is 72.1. The van der Waals surface area contributed by atoms with Gasteiger partial charge in [0.15, 0.2) is 0 Å². The summed E-state index contributed by atoms with van der Waals surface area (Å²) in [7, 11) is 0. The Balaban J connectivity index is 1.03. The molecule has 55 heavy (non-hydrogen) atoms. The molecule has 0 aliphatic carbocycles. The van der Waals surface area contributed by atoms with E-state index in [-0.39, 0.29) is 0 Å². The van der Waals surface area contributed by atoms with Crippen LogP contribution in [0.1, 0.15) is 0 Å². The summed E-state index contributed by atoms with van der Waals surface area (Å²) in [4.78, 5) is 2.41. The molecule has 3 heteroatoms. The largest absolute Gasteiger partial charge is 0.455 e. The van der Waals surface area contributed by atoms with Crippen LogP contribution in [0.25, 0.3) is 86.3 Å². The minimum Gasteiger partial charge on any atom is -0.455 e. The molecule has 11 aromatic rings. The summed E-state index contributed by atoms with van der Waals surface area (Å²) in [5, 5.41) is 7.17. The van der Waals surface area contributed by atoms with Gasteiger partial charge in [-0.2, -0.15) is 0 Å². The minimum atomic E-state index is 0.913. The summed E-state index contributed by atoms with van der Waals surface area (Å²) in [5.41, 5.74) is 12.4. The topological polar surface area (TPSA) is 16.4 Å². The first-order valence-corrected chi connectivity index (χ1v) is 19.5. The van der Waals surface area contributed by atoms with Gasteiger partial charge < -0.3 is 9.32 Å². The van der Waals surface area contributed by atoms with E-state index in [1.807, 2.05) is 17.4 Å². The number of thiophene rings is 1. The van der Waals surface area contributed by atoms with Crippen molar-refractivity contribution in [3.63, 3.8) is 0 Å². The van der Waals surface area contributed by atoms with Crippen molar-refractivity contribution in [2.75, 3.05) is 4.90 Å². The molecular formula is C52H33NOS. The summed E-state index contributed by atoms with van der Waals surface area (Å²) in [6.07, 6.45) is 0. The fourth-order valence-electron chi connectivity index (χ4n) is 8.21. The zero-order chi connectivity index (χ0) is 36.3. The molecule has 11 rings (SSSR count). The maximum absolute atomic E-state index is 6.53. The minimum absolute atomic E-state index is 0.913. The predicted octanol–water partition coefficient (Wildman–Crippen LogP) is 15.6. The van der Waals surface area contributed by atoms with Gasteiger partial charge in [-0.3, -0.25) is 0 Å². The monoisotopic (exact) mass is 719 g/mol. The van der Waals surface area contributed by atoms with Gasteiger partial charge in [0, 0.05) is 43.0 Å². The van der Waals surface area contributed by atoms with Crippen LogP contribution in [0.3, 0.4) is 0 Å². The number of rotatable bonds is 6. The molecule has 258 valence electrons. The average molecular weight is 720 g/mol. The van der Waals surface area contributed by atoms with E-state index in [9.17, 15) is 0 Å². The molecule has 0 N–H and O–H groups in total. The first-order valence-electron chi connectivity index (χ1n) is 18.7. The molecule has 0 bridgehead atoms. The lowest BCUT2D eigenvalue weighted by molar-refractivity contribution is 0.673. The van der Waals surface area contributed by atoms with Crippen molar-refractivity contribution in [2.24, 2.45) is 0 Å². The standard InChI is InChI=1S/C52H33NOS/c1-2-10-34(11-3-1)35-20-22-36(23-21-35)37-24-29-40(30-25-37)53(47-17-9-16-46-44-14-5-7-19-49(44)55-52(46)47)41-31-26-38(27-32-41)42-15-8-12-39-28-33-45-43-13-4-6-18-48(43)54-51(45)50(39)42/h1-33H. The number of hydrogen-bond acceptors (Lipinski definition) is 3. The molecule has 0 saturated carbocycles. The van der Waals surface area contributed by atoms with Crippen LogP contribution in [-0.4, -0.2) is 0 Å². The molecule has 0 aliphatic rings. The van der Waals surface area contributed by atoms with Crippen LogP contribution in [-0.2, 0) is 0 Å². The summed E-state index contributed by atoms with van der Waals surface area (Å²) in [5.74, 6) is 0. The Morgan fingerprint density at radius 2 is 0.964 bits per heavy atom. The van der Waals surface area contributed by atoms with Gasteiger partial charge in [-0.15, -0.1) is 11.3 Å². The molecule has 0 atom stereocenters. The van der Waals surface area contributed by atoms with Gasteiger partial charge in [0.05, 0.1) is 10.4 Å². The zero-order valence-corrected chi connectivity index (χ0v) is 30.6. The second-order valence-electron chi connectivity index (χ2n) is 14.1. The molecule has 0 amide bonds. The van der Waals surface area contributed by atoms with Crippen LogP contribution in [0.2, 0.25) is 0 Å². The predicted molar refractivity (Wildman–Crippen MR) is 235 cm³/mol. The Morgan fingerprint density at radius 3 is 1.71 bits per heavy atom. The molecule has 9 aromatic carbocycles. The zero-order valence-electron chi connectivity index (χ0n) is 29.8. The van der Waals surface area contributed by atoms with Gasteiger partial charge >= 0.3 is 0 Å². The Hall–Kier alpha value is -6.94. The van der Waals surface area contributed by atoms with Crippen molar-refractivity contribution in [3.05, 3.63) is 200 Å². The lowest BCUT2D eigenvalue weighted by atomic mass is 9.96. The number of furan rings is 1. The van der Waals surface area contributed by atoms with Crippen molar-refractivity contribution in [3.8, 4) is 33.4 Å². The fourth-order valence-corrected chi connectivity index (χ4v) is 9.41. The first-order chi connectivity index (χ1) is 27.3. The van der Waals surface area contributed by atoms with Crippen LogP contribution < -0.4 is 4.90 Å². The smallest absolute Gasteiger partial charge is 0.143 e. The number of fused-ring (bicyclic) bond motifs is 8. The van der Waals surface area contributed by atoms with Gasteiger partial charge in [-0.1, -0.05) is 152 Å². The van der Waals surface area contributed by atoms with E-state index in [4.69, 9.17) is 4.42 Å². The number of hydrogen-bond donors (Lipinski definition) is 0. The molecule has 0 fully saturated rings. The number of nitrogens with zero attached hydrogens (tertiary/aromatic N) is 1. The summed E-state index contributed by atoms with van der Waals surface area (Å²) >= 11 is 1.86. The van der Waals surface area contributed by atoms with Crippen molar-refractivity contribution >= 4 is 81.3 Å². The molecule has 2 nitrogen and oxygen atoms in total. The van der Waals surface area contributed by atoms with E-state index in [0.29, 0.717) is 0 Å². The molecule has 0 aliphatic heterocycles. The van der Waals surface area contributed by atoms with E-state index in [0.717, 1.165) is 49.8 Å². The van der Waals surface area contributed by atoms with Crippen molar-refractivity contribution in [2.45, 2.75) is 0 Å². The highest BCUT2D eigenvalue weighted by Crippen LogP contribution is 2.46. The van der Waals surface area contributed by atoms with Gasteiger partial charge in [0.2, 0.25) is 0 Å². The second-order valence-corrected chi connectivity index (χ2v) is 15.1. The van der Waals surface area contributed by atoms with Crippen LogP contribution in [0.4, 0.5) is 17.1 Å². The Kier molecular flexibility index (Phi) is 7.39. The first kappa shape index (κ1) is 31.6. The third-order valence-corrected chi connectivity index (χ3v) is 12.1. The maximum Gasteiger partial charge on any atom is 0.143 e. The highest BCUT2D eigenvalue weighted by Gasteiger charge is 2.19. The number of benzene rings is 9. The van der Waals surface area contributed by atoms with Crippen molar-refractivity contribution in [1.29, 1.82) is 0 Å². The molecule has 0 radical (unpaired) electrons. The van der Waals surface area contributed by atoms with Gasteiger partial charge in [-0.25, -0.2) is 0 Å². The fraction of sp³-hybridized carbons (Fsp3) is 0. The van der Waals surface area contributed by atoms with E-state index in [1.54, 1.807) is 0 Å². The third kappa shape index (κ3) is 5.32. The van der Waals surface area contributed by atoms with Crippen LogP contribution in [0.15, 0.2) is 205 Å². The number of anilines is 3. The Bertz CT molecular complexity index is 3170. The summed E-state index contributed by atoms with van der Waals surface area (Å²) in [6.45, 7) is 0. The van der Waals surface area contributed by atoms with Gasteiger partial charge in [0.1, 0.15) is 11.2 Å². The Morgan fingerprint density at radius 1 is 0.382 bits per heavy atom. The number of para-hydroxylation sites is 1. The lowest BCUT2D eigenvalue weighted by Crippen LogP contribution is -2.10. The summed E-state index contributed by atoms with van der Waals surface area (Å²) < 4.78 is 9.10. The second kappa shape index (κ2) is 12.9. The molecule has 0 spiro atoms. The third-order valence-electron chi connectivity index (χ3n) is 10.9. The highest BCUT2D eigenvalue weighted by molar-refractivity contribution is 7.26. The van der Waals surface area contributed by atoms with Crippen molar-refractivity contribution in [1.82, 2.24) is 0 Å². The Labute approximate surface area is 322 Å². The van der Waals surface area contributed by atoms with E-state index in [2.05, 4.69) is 199 Å². The highest BCUT2D eigenvalue weighted by atomic mass is 32.1. The van der Waals surface area contributed by atoms with Crippen LogP contribution >= 0.6 is 11.3 Å². The normalized spacial score (nSPS) is 11.6. The van der Waals surface area contributed by atoms with E-state index >= 15 is 0 Å². The van der Waals surface area contributed by atoms with Crippen molar-refractivity contribution < 1.29 is 4.42 Å². The average Bonchev–Trinajstić information content (AvgIpc) is 3.84. The van der Waals surface area contributed by atoms with Crippen LogP contribution in [0, 0.1) is 0 Å². The van der Waals surface area contributed by atoms with Gasteiger partial charge in [0.25, 0.3) is 0 Å². The molecule has 2 heterocycles. The maximum atomic E-state index is 6.53. The molecule has 0 saturated heterocycles. The molecular weight excluding hydrogens is 687 g/mol. The van der Waals surface area contributed by atoms with E-state index in [1.165, 1.54) is 53.5 Å². The molecule has 2 aromatic heterocycles. The van der Waals surface area contributed by atoms with E-state index < -0.39 is 0 Å². The lowest BCUT2D eigenvalue weighted by Gasteiger charge is -2.26.